The van der Waals surface area contributed by atoms with Gasteiger partial charge < -0.3 is 9.84 Å². The van der Waals surface area contributed by atoms with Crippen molar-refractivity contribution in [1.82, 2.24) is 4.31 Å². The topological polar surface area (TPSA) is 66.8 Å². The molecule has 1 aromatic rings. The highest BCUT2D eigenvalue weighted by Crippen LogP contribution is 2.22. The molecule has 6 heteroatoms. The van der Waals surface area contributed by atoms with Crippen molar-refractivity contribution in [2.75, 3.05) is 26.8 Å². The predicted octanol–water partition coefficient (Wildman–Crippen LogP) is 1.02. The highest BCUT2D eigenvalue weighted by Gasteiger charge is 2.30. The van der Waals surface area contributed by atoms with Crippen LogP contribution in [0, 0.1) is 0 Å². The fourth-order valence-electron chi connectivity index (χ4n) is 2.42. The molecule has 1 N–H and O–H groups in total. The Hall–Kier alpha value is -0.950. The number of piperidine rings is 1. The number of aliphatic hydroxyl groups is 1. The van der Waals surface area contributed by atoms with Gasteiger partial charge in [0, 0.05) is 26.8 Å². The van der Waals surface area contributed by atoms with Gasteiger partial charge in [0.2, 0.25) is 10.0 Å². The second-order valence-corrected chi connectivity index (χ2v) is 6.92. The van der Waals surface area contributed by atoms with Crippen LogP contribution in [0.5, 0.6) is 0 Å². The van der Waals surface area contributed by atoms with Gasteiger partial charge in [0.25, 0.3) is 0 Å². The number of hydrogen-bond acceptors (Lipinski definition) is 4. The molecule has 1 saturated heterocycles. The van der Waals surface area contributed by atoms with Crippen molar-refractivity contribution in [3.8, 4) is 0 Å². The maximum atomic E-state index is 12.5. The molecule has 1 atom stereocenters. The van der Waals surface area contributed by atoms with Gasteiger partial charge in [-0.1, -0.05) is 12.1 Å². The number of nitrogens with zero attached hydrogens (tertiary/aromatic N) is 1. The Bertz CT molecular complexity index is 527. The van der Waals surface area contributed by atoms with Crippen molar-refractivity contribution in [3.63, 3.8) is 0 Å². The first-order valence-corrected chi connectivity index (χ1v) is 8.24. The second-order valence-electron chi connectivity index (χ2n) is 4.98. The molecule has 0 amide bonds. The first-order valence-electron chi connectivity index (χ1n) is 6.80. The van der Waals surface area contributed by atoms with E-state index in [-0.39, 0.29) is 12.7 Å². The number of sulfonamides is 1. The molecule has 20 heavy (non-hydrogen) atoms. The van der Waals surface area contributed by atoms with E-state index in [0.717, 1.165) is 18.4 Å². The highest BCUT2D eigenvalue weighted by molar-refractivity contribution is 7.89. The van der Waals surface area contributed by atoms with Gasteiger partial charge in [-0.15, -0.1) is 0 Å². The quantitative estimate of drug-likeness (QED) is 0.881. The van der Waals surface area contributed by atoms with E-state index >= 15 is 0 Å². The van der Waals surface area contributed by atoms with Crippen molar-refractivity contribution in [3.05, 3.63) is 29.8 Å². The number of ether oxygens (including phenoxy) is 1. The first-order chi connectivity index (χ1) is 9.57. The molecule has 1 fully saturated rings. The first kappa shape index (κ1) is 15.4. The van der Waals surface area contributed by atoms with E-state index in [9.17, 15) is 8.42 Å². The van der Waals surface area contributed by atoms with Gasteiger partial charge in [0.15, 0.2) is 0 Å². The summed E-state index contributed by atoms with van der Waals surface area (Å²) < 4.78 is 31.8. The van der Waals surface area contributed by atoms with Crippen molar-refractivity contribution < 1.29 is 18.3 Å². The SMILES string of the molecule is COC1CCCN(S(=O)(=O)c2ccc(CCO)cc2)C1. The van der Waals surface area contributed by atoms with E-state index in [1.165, 1.54) is 4.31 Å². The average molecular weight is 299 g/mol. The molecule has 0 radical (unpaired) electrons. The number of aliphatic hydroxyl groups excluding tert-OH is 1. The Labute approximate surface area is 120 Å². The minimum Gasteiger partial charge on any atom is -0.396 e. The fourth-order valence-corrected chi connectivity index (χ4v) is 3.93. The van der Waals surface area contributed by atoms with E-state index in [0.29, 0.717) is 24.4 Å². The summed E-state index contributed by atoms with van der Waals surface area (Å²) in [6.07, 6.45) is 2.24. The number of rotatable bonds is 5. The maximum Gasteiger partial charge on any atom is 0.243 e. The van der Waals surface area contributed by atoms with E-state index in [1.807, 2.05) is 0 Å². The van der Waals surface area contributed by atoms with Crippen molar-refractivity contribution in [2.45, 2.75) is 30.3 Å². The summed E-state index contributed by atoms with van der Waals surface area (Å²) in [4.78, 5) is 0.302. The average Bonchev–Trinajstić information content (AvgIpc) is 2.48. The molecule has 1 aliphatic heterocycles. The van der Waals surface area contributed by atoms with E-state index < -0.39 is 10.0 Å². The number of methoxy groups -OCH3 is 1. The van der Waals surface area contributed by atoms with Crippen LogP contribution in [-0.2, 0) is 21.2 Å². The third kappa shape index (κ3) is 3.38. The molecule has 1 aromatic carbocycles. The Morgan fingerprint density at radius 2 is 2.05 bits per heavy atom. The van der Waals surface area contributed by atoms with Crippen LogP contribution in [0.3, 0.4) is 0 Å². The van der Waals surface area contributed by atoms with Crippen LogP contribution in [-0.4, -0.2) is 50.7 Å². The zero-order valence-electron chi connectivity index (χ0n) is 11.7. The third-order valence-corrected chi connectivity index (χ3v) is 5.52. The van der Waals surface area contributed by atoms with Crippen LogP contribution in [0.2, 0.25) is 0 Å². The lowest BCUT2D eigenvalue weighted by Gasteiger charge is -2.31. The molecular formula is C14H21NO4S. The lowest BCUT2D eigenvalue weighted by molar-refractivity contribution is 0.0572. The van der Waals surface area contributed by atoms with Crippen LogP contribution in [0.15, 0.2) is 29.2 Å². The van der Waals surface area contributed by atoms with E-state index in [2.05, 4.69) is 0 Å². The van der Waals surface area contributed by atoms with Crippen LogP contribution in [0.25, 0.3) is 0 Å². The minimum atomic E-state index is -3.45. The third-order valence-electron chi connectivity index (χ3n) is 3.64. The minimum absolute atomic E-state index is 0.0211. The Balaban J connectivity index is 2.16. The predicted molar refractivity (Wildman–Crippen MR) is 76.0 cm³/mol. The normalized spacial score (nSPS) is 21.0. The smallest absolute Gasteiger partial charge is 0.243 e. The van der Waals surface area contributed by atoms with Crippen LogP contribution >= 0.6 is 0 Å². The van der Waals surface area contributed by atoms with Crippen LogP contribution < -0.4 is 0 Å². The molecule has 0 aromatic heterocycles. The molecule has 0 spiro atoms. The van der Waals surface area contributed by atoms with Gasteiger partial charge in [-0.25, -0.2) is 8.42 Å². The lowest BCUT2D eigenvalue weighted by atomic mass is 10.1. The molecule has 112 valence electrons. The number of hydrogen-bond donors (Lipinski definition) is 1. The van der Waals surface area contributed by atoms with Crippen molar-refractivity contribution in [2.24, 2.45) is 0 Å². The molecular weight excluding hydrogens is 278 g/mol. The van der Waals surface area contributed by atoms with Gasteiger partial charge in [-0.05, 0) is 37.0 Å². The lowest BCUT2D eigenvalue weighted by Crippen LogP contribution is -2.42. The summed E-state index contributed by atoms with van der Waals surface area (Å²) in [5.41, 5.74) is 0.930. The van der Waals surface area contributed by atoms with Crippen molar-refractivity contribution in [1.29, 1.82) is 0 Å². The summed E-state index contributed by atoms with van der Waals surface area (Å²) in [6.45, 7) is 1.02. The zero-order chi connectivity index (χ0) is 14.6. The fraction of sp³-hybridized carbons (Fsp3) is 0.571. The summed E-state index contributed by atoms with van der Waals surface area (Å²) in [5, 5.41) is 8.87. The molecule has 0 saturated carbocycles. The molecule has 0 bridgehead atoms. The molecule has 0 aliphatic carbocycles. The largest absolute Gasteiger partial charge is 0.396 e. The molecule has 1 aliphatic rings. The van der Waals surface area contributed by atoms with Crippen LogP contribution in [0.1, 0.15) is 18.4 Å². The van der Waals surface area contributed by atoms with Crippen LogP contribution in [0.4, 0.5) is 0 Å². The van der Waals surface area contributed by atoms with E-state index in [4.69, 9.17) is 9.84 Å². The molecule has 5 nitrogen and oxygen atoms in total. The second kappa shape index (κ2) is 6.67. The summed E-state index contributed by atoms with van der Waals surface area (Å²) in [6, 6.07) is 6.72. The Morgan fingerprint density at radius 3 is 2.65 bits per heavy atom. The molecule has 2 rings (SSSR count). The maximum absolute atomic E-state index is 12.5. The summed E-state index contributed by atoms with van der Waals surface area (Å²) >= 11 is 0. The summed E-state index contributed by atoms with van der Waals surface area (Å²) in [5.74, 6) is 0. The monoisotopic (exact) mass is 299 g/mol. The van der Waals surface area contributed by atoms with Gasteiger partial charge in [0.1, 0.15) is 0 Å². The van der Waals surface area contributed by atoms with E-state index in [1.54, 1.807) is 31.4 Å². The highest BCUT2D eigenvalue weighted by atomic mass is 32.2. The van der Waals surface area contributed by atoms with Gasteiger partial charge in [0.05, 0.1) is 11.0 Å². The van der Waals surface area contributed by atoms with Gasteiger partial charge in [-0.2, -0.15) is 4.31 Å². The molecule has 1 unspecified atom stereocenters. The van der Waals surface area contributed by atoms with Crippen molar-refractivity contribution >= 4 is 10.0 Å². The standard InChI is InChI=1S/C14H21NO4S/c1-19-13-3-2-9-15(11-13)20(17,18)14-6-4-12(5-7-14)8-10-16/h4-7,13,16H,2-3,8-11H2,1H3. The Morgan fingerprint density at radius 1 is 1.35 bits per heavy atom. The Kier molecular flexibility index (Phi) is 5.15. The zero-order valence-corrected chi connectivity index (χ0v) is 12.5. The molecule has 1 heterocycles. The summed E-state index contributed by atoms with van der Waals surface area (Å²) in [7, 11) is -1.83. The van der Waals surface area contributed by atoms with Gasteiger partial charge >= 0.3 is 0 Å². The number of benzene rings is 1. The van der Waals surface area contributed by atoms with Gasteiger partial charge in [-0.3, -0.25) is 0 Å².